The predicted molar refractivity (Wildman–Crippen MR) is 98.5 cm³/mol. The fourth-order valence-electron chi connectivity index (χ4n) is 3.00. The highest BCUT2D eigenvalue weighted by Crippen LogP contribution is 2.24. The van der Waals surface area contributed by atoms with Gasteiger partial charge >= 0.3 is 6.03 Å². The first-order chi connectivity index (χ1) is 13.0. The molecule has 2 N–H and O–H groups in total. The van der Waals surface area contributed by atoms with Gasteiger partial charge in [-0.1, -0.05) is 31.5 Å². The summed E-state index contributed by atoms with van der Waals surface area (Å²) in [5, 5.41) is 13.1. The number of imide groups is 1. The lowest BCUT2D eigenvalue weighted by Gasteiger charge is -2.29. The van der Waals surface area contributed by atoms with Crippen LogP contribution in [0.15, 0.2) is 33.9 Å². The van der Waals surface area contributed by atoms with Crippen molar-refractivity contribution in [3.05, 3.63) is 30.1 Å². The lowest BCUT2D eigenvalue weighted by molar-refractivity contribution is -0.117. The van der Waals surface area contributed by atoms with Gasteiger partial charge in [-0.25, -0.2) is 9.18 Å². The van der Waals surface area contributed by atoms with E-state index in [0.29, 0.717) is 11.5 Å². The molecule has 1 aliphatic rings. The third kappa shape index (κ3) is 5.53. The van der Waals surface area contributed by atoms with Crippen LogP contribution in [0.3, 0.4) is 0 Å². The van der Waals surface area contributed by atoms with Crippen LogP contribution in [0.1, 0.15) is 32.6 Å². The van der Waals surface area contributed by atoms with E-state index in [9.17, 15) is 14.0 Å². The van der Waals surface area contributed by atoms with Crippen LogP contribution in [0, 0.1) is 11.7 Å². The summed E-state index contributed by atoms with van der Waals surface area (Å²) in [4.78, 5) is 23.9. The Morgan fingerprint density at radius 2 is 1.96 bits per heavy atom. The molecule has 144 valence electrons. The molecule has 2 aromatic rings. The Hall–Kier alpha value is -2.42. The molecule has 3 amide bonds. The molecule has 2 atom stereocenters. The summed E-state index contributed by atoms with van der Waals surface area (Å²) in [7, 11) is 0. The Morgan fingerprint density at radius 1 is 1.22 bits per heavy atom. The molecule has 0 aliphatic heterocycles. The zero-order valence-electron chi connectivity index (χ0n) is 14.9. The fraction of sp³-hybridized carbons (Fsp3) is 0.444. The van der Waals surface area contributed by atoms with Gasteiger partial charge in [-0.3, -0.25) is 10.1 Å². The van der Waals surface area contributed by atoms with E-state index in [0.717, 1.165) is 31.0 Å². The van der Waals surface area contributed by atoms with E-state index < -0.39 is 11.9 Å². The number of amides is 3. The maximum Gasteiger partial charge on any atom is 0.321 e. The molecule has 1 fully saturated rings. The van der Waals surface area contributed by atoms with Crippen molar-refractivity contribution in [2.75, 3.05) is 5.75 Å². The average Bonchev–Trinajstić information content (AvgIpc) is 3.11. The summed E-state index contributed by atoms with van der Waals surface area (Å²) in [5.74, 6) is -0.175. The minimum atomic E-state index is -0.475. The van der Waals surface area contributed by atoms with Gasteiger partial charge in [-0.2, -0.15) is 0 Å². The van der Waals surface area contributed by atoms with Crippen molar-refractivity contribution in [3.8, 4) is 11.5 Å². The number of urea groups is 1. The first kappa shape index (κ1) is 19.3. The zero-order chi connectivity index (χ0) is 19.2. The molecule has 0 saturated heterocycles. The molecule has 7 nitrogen and oxygen atoms in total. The largest absolute Gasteiger partial charge is 0.411 e. The van der Waals surface area contributed by atoms with Crippen molar-refractivity contribution >= 4 is 23.7 Å². The van der Waals surface area contributed by atoms with E-state index in [2.05, 4.69) is 27.8 Å². The number of aromatic nitrogens is 2. The molecule has 0 bridgehead atoms. The van der Waals surface area contributed by atoms with Gasteiger partial charge in [0.25, 0.3) is 5.22 Å². The number of halogens is 1. The smallest absolute Gasteiger partial charge is 0.321 e. The highest BCUT2D eigenvalue weighted by Gasteiger charge is 2.23. The number of hydrogen-bond donors (Lipinski definition) is 2. The molecule has 0 spiro atoms. The molecule has 0 unspecified atom stereocenters. The topological polar surface area (TPSA) is 97.1 Å². The zero-order valence-corrected chi connectivity index (χ0v) is 15.7. The second-order valence-corrected chi connectivity index (χ2v) is 7.49. The van der Waals surface area contributed by atoms with E-state index in [1.54, 1.807) is 0 Å². The predicted octanol–water partition coefficient (Wildman–Crippen LogP) is 3.37. The summed E-state index contributed by atoms with van der Waals surface area (Å²) in [5.41, 5.74) is 0.584. The van der Waals surface area contributed by atoms with Gasteiger partial charge < -0.3 is 9.73 Å². The van der Waals surface area contributed by atoms with Crippen LogP contribution in [0.5, 0.6) is 0 Å². The van der Waals surface area contributed by atoms with Gasteiger partial charge in [0.05, 0.1) is 5.75 Å². The van der Waals surface area contributed by atoms with Gasteiger partial charge in [0.1, 0.15) is 5.82 Å². The Balaban J connectivity index is 1.45. The monoisotopic (exact) mass is 392 g/mol. The number of carbonyl (C=O) groups excluding carboxylic acids is 2. The molecule has 3 rings (SSSR count). The molecule has 0 radical (unpaired) electrons. The van der Waals surface area contributed by atoms with Crippen LogP contribution in [0.2, 0.25) is 0 Å². The molecular formula is C18H21FN4O3S. The number of carbonyl (C=O) groups is 2. The van der Waals surface area contributed by atoms with Crippen molar-refractivity contribution in [2.45, 2.75) is 43.9 Å². The standard InChI is InChI=1S/C18H21FN4O3S/c1-11-4-2-3-5-14(11)20-17(25)21-15(24)10-27-18-23-22-16(26-18)12-6-8-13(19)9-7-12/h6-9,11,14H,2-5,10H2,1H3,(H2,20,21,24,25)/t11-,14+/m1/s1. The number of nitrogens with one attached hydrogen (secondary N) is 2. The minimum Gasteiger partial charge on any atom is -0.411 e. The Morgan fingerprint density at radius 3 is 2.70 bits per heavy atom. The summed E-state index contributed by atoms with van der Waals surface area (Å²) in [6, 6.07) is 5.28. The van der Waals surface area contributed by atoms with Crippen LogP contribution in [-0.2, 0) is 4.79 Å². The molecule has 1 aromatic carbocycles. The quantitative estimate of drug-likeness (QED) is 0.757. The van der Waals surface area contributed by atoms with Crippen LogP contribution >= 0.6 is 11.8 Å². The minimum absolute atomic E-state index is 0.0291. The number of rotatable bonds is 5. The fourth-order valence-corrected chi connectivity index (χ4v) is 3.57. The Labute approximate surface area is 160 Å². The van der Waals surface area contributed by atoms with Crippen LogP contribution < -0.4 is 10.6 Å². The van der Waals surface area contributed by atoms with E-state index in [4.69, 9.17) is 4.42 Å². The van der Waals surface area contributed by atoms with Crippen LogP contribution in [0.25, 0.3) is 11.5 Å². The SMILES string of the molecule is C[C@@H]1CCCC[C@@H]1NC(=O)NC(=O)CSc1nnc(-c2ccc(F)cc2)o1. The molecule has 1 saturated carbocycles. The van der Waals surface area contributed by atoms with E-state index in [1.165, 1.54) is 30.7 Å². The maximum absolute atomic E-state index is 12.9. The van der Waals surface area contributed by atoms with E-state index in [1.807, 2.05) is 0 Å². The highest BCUT2D eigenvalue weighted by molar-refractivity contribution is 7.99. The number of nitrogens with zero attached hydrogens (tertiary/aromatic N) is 2. The number of hydrogen-bond acceptors (Lipinski definition) is 6. The normalized spacial score (nSPS) is 19.5. The van der Waals surface area contributed by atoms with E-state index >= 15 is 0 Å². The van der Waals surface area contributed by atoms with Gasteiger partial charge in [-0.05, 0) is 43.0 Å². The van der Waals surface area contributed by atoms with Gasteiger partial charge in [0.15, 0.2) is 0 Å². The first-order valence-corrected chi connectivity index (χ1v) is 9.82. The second kappa shape index (κ2) is 8.98. The molecule has 9 heteroatoms. The molecular weight excluding hydrogens is 371 g/mol. The van der Waals surface area contributed by atoms with Crippen molar-refractivity contribution in [3.63, 3.8) is 0 Å². The Bertz CT molecular complexity index is 796. The average molecular weight is 392 g/mol. The van der Waals surface area contributed by atoms with Gasteiger partial charge in [0.2, 0.25) is 11.8 Å². The van der Waals surface area contributed by atoms with Crippen molar-refractivity contribution < 1.29 is 18.4 Å². The van der Waals surface area contributed by atoms with Gasteiger partial charge in [-0.15, -0.1) is 10.2 Å². The Kier molecular flexibility index (Phi) is 6.44. The van der Waals surface area contributed by atoms with Crippen LogP contribution in [0.4, 0.5) is 9.18 Å². The summed E-state index contributed by atoms with van der Waals surface area (Å²) < 4.78 is 18.4. The third-order valence-electron chi connectivity index (χ3n) is 4.51. The lowest BCUT2D eigenvalue weighted by Crippen LogP contribution is -2.48. The summed E-state index contributed by atoms with van der Waals surface area (Å²) in [6.45, 7) is 2.11. The van der Waals surface area contributed by atoms with Crippen molar-refractivity contribution in [2.24, 2.45) is 5.92 Å². The molecule has 1 heterocycles. The van der Waals surface area contributed by atoms with Crippen molar-refractivity contribution in [1.29, 1.82) is 0 Å². The lowest BCUT2D eigenvalue weighted by atomic mass is 9.86. The van der Waals surface area contributed by atoms with Gasteiger partial charge in [0, 0.05) is 11.6 Å². The first-order valence-electron chi connectivity index (χ1n) is 8.84. The second-order valence-electron chi connectivity index (χ2n) is 6.56. The summed E-state index contributed by atoms with van der Waals surface area (Å²) in [6.07, 6.45) is 4.29. The third-order valence-corrected chi connectivity index (χ3v) is 5.32. The van der Waals surface area contributed by atoms with E-state index in [-0.39, 0.29) is 28.7 Å². The number of thioether (sulfide) groups is 1. The van der Waals surface area contributed by atoms with Crippen LogP contribution in [-0.4, -0.2) is 33.9 Å². The maximum atomic E-state index is 12.9. The molecule has 27 heavy (non-hydrogen) atoms. The van der Waals surface area contributed by atoms with Crippen molar-refractivity contribution in [1.82, 2.24) is 20.8 Å². The molecule has 1 aromatic heterocycles. The molecule has 1 aliphatic carbocycles. The highest BCUT2D eigenvalue weighted by atomic mass is 32.2. The number of benzene rings is 1. The summed E-state index contributed by atoms with van der Waals surface area (Å²) >= 11 is 1.03.